The zero-order chi connectivity index (χ0) is 28.3. The molecular formula is C28H24N4O7S. The van der Waals surface area contributed by atoms with Crippen molar-refractivity contribution in [1.29, 1.82) is 0 Å². The highest BCUT2D eigenvalue weighted by atomic mass is 32.2. The van der Waals surface area contributed by atoms with Crippen molar-refractivity contribution in [2.24, 2.45) is 0 Å². The first kappa shape index (κ1) is 26.8. The quantitative estimate of drug-likeness (QED) is 0.265. The maximum Gasteiger partial charge on any atom is 0.321 e. The highest BCUT2D eigenvalue weighted by molar-refractivity contribution is 7.89. The van der Waals surface area contributed by atoms with Gasteiger partial charge in [-0.25, -0.2) is 13.4 Å². The Kier molecular flexibility index (Phi) is 7.45. The maximum absolute atomic E-state index is 12.9. The largest absolute Gasteiger partial charge is 0.480 e. The van der Waals surface area contributed by atoms with Crippen LogP contribution in [0, 0.1) is 0 Å². The van der Waals surface area contributed by atoms with Gasteiger partial charge < -0.3 is 14.4 Å². The van der Waals surface area contributed by atoms with Gasteiger partial charge in [-0.1, -0.05) is 12.1 Å². The maximum atomic E-state index is 12.9. The van der Waals surface area contributed by atoms with Gasteiger partial charge >= 0.3 is 5.97 Å². The van der Waals surface area contributed by atoms with E-state index >= 15 is 0 Å². The highest BCUT2D eigenvalue weighted by Gasteiger charge is 2.35. The van der Waals surface area contributed by atoms with Gasteiger partial charge in [-0.05, 0) is 73.5 Å². The zero-order valence-corrected chi connectivity index (χ0v) is 21.8. The number of carbonyl (C=O) groups excluding carboxylic acids is 2. The molecule has 0 fully saturated rings. The second-order valence-electron chi connectivity index (χ2n) is 9.00. The number of imidazole rings is 1. The van der Waals surface area contributed by atoms with Gasteiger partial charge in [-0.2, -0.15) is 4.72 Å². The number of ether oxygens (including phenoxy) is 1. The topological polar surface area (TPSA) is 148 Å². The Morgan fingerprint density at radius 1 is 0.925 bits per heavy atom. The van der Waals surface area contributed by atoms with Crippen LogP contribution in [0.4, 0.5) is 0 Å². The summed E-state index contributed by atoms with van der Waals surface area (Å²) in [6.45, 7) is -0.0345. The average Bonchev–Trinajstić information content (AvgIpc) is 3.57. The Morgan fingerprint density at radius 3 is 2.08 bits per heavy atom. The van der Waals surface area contributed by atoms with Crippen molar-refractivity contribution in [3.05, 3.63) is 103 Å². The molecule has 0 radical (unpaired) electrons. The molecule has 1 aliphatic rings. The van der Waals surface area contributed by atoms with Crippen LogP contribution in [-0.4, -0.2) is 58.3 Å². The van der Waals surface area contributed by atoms with E-state index < -0.39 is 33.8 Å². The van der Waals surface area contributed by atoms with Gasteiger partial charge in [0.05, 0.1) is 22.3 Å². The number of rotatable bonds is 11. The van der Waals surface area contributed by atoms with Gasteiger partial charge in [-0.15, -0.1) is 0 Å². The molecule has 0 spiro atoms. The number of hydrogen-bond donors (Lipinski definition) is 2. The number of carboxylic acids is 1. The molecule has 2 heterocycles. The van der Waals surface area contributed by atoms with Crippen LogP contribution in [0.5, 0.6) is 11.5 Å². The van der Waals surface area contributed by atoms with Crippen molar-refractivity contribution >= 4 is 27.8 Å². The first-order valence-corrected chi connectivity index (χ1v) is 13.8. The molecule has 40 heavy (non-hydrogen) atoms. The van der Waals surface area contributed by atoms with E-state index in [2.05, 4.69) is 9.71 Å². The third-order valence-corrected chi connectivity index (χ3v) is 7.84. The van der Waals surface area contributed by atoms with Crippen LogP contribution in [0.1, 0.15) is 33.6 Å². The molecule has 204 valence electrons. The fourth-order valence-electron chi connectivity index (χ4n) is 4.30. The summed E-state index contributed by atoms with van der Waals surface area (Å²) in [6, 6.07) is 17.8. The van der Waals surface area contributed by atoms with Crippen molar-refractivity contribution in [2.45, 2.75) is 23.8 Å². The first-order valence-electron chi connectivity index (χ1n) is 12.3. The van der Waals surface area contributed by atoms with Gasteiger partial charge in [0.2, 0.25) is 10.0 Å². The lowest BCUT2D eigenvalue weighted by Crippen LogP contribution is -2.41. The SMILES string of the molecule is O=C(O)C(CCCN1C(=O)c2ccccc2C1=O)NS(=O)(=O)c1ccc(Oc2ccc(-n3ccnc3)cc2)cc1. The lowest BCUT2D eigenvalue weighted by atomic mass is 10.1. The third-order valence-electron chi connectivity index (χ3n) is 6.36. The number of fused-ring (bicyclic) bond motifs is 1. The molecule has 1 aliphatic heterocycles. The van der Waals surface area contributed by atoms with Crippen LogP contribution < -0.4 is 9.46 Å². The average molecular weight is 561 g/mol. The smallest absolute Gasteiger partial charge is 0.321 e. The van der Waals surface area contributed by atoms with E-state index in [4.69, 9.17) is 4.74 Å². The molecule has 4 aromatic rings. The number of aliphatic carboxylic acids is 1. The minimum atomic E-state index is -4.18. The van der Waals surface area contributed by atoms with Crippen molar-refractivity contribution in [2.75, 3.05) is 6.54 Å². The molecule has 0 saturated carbocycles. The zero-order valence-electron chi connectivity index (χ0n) is 21.0. The predicted molar refractivity (Wildman–Crippen MR) is 143 cm³/mol. The number of benzene rings is 3. The fraction of sp³-hybridized carbons (Fsp3) is 0.143. The normalized spacial score (nSPS) is 13.8. The van der Waals surface area contributed by atoms with E-state index in [1.54, 1.807) is 48.9 Å². The lowest BCUT2D eigenvalue weighted by Gasteiger charge is -2.17. The molecule has 5 rings (SSSR count). The molecule has 11 nitrogen and oxygen atoms in total. The first-order chi connectivity index (χ1) is 19.2. The second-order valence-corrected chi connectivity index (χ2v) is 10.7. The molecule has 1 aromatic heterocycles. The summed E-state index contributed by atoms with van der Waals surface area (Å²) < 4.78 is 35.6. The summed E-state index contributed by atoms with van der Waals surface area (Å²) in [7, 11) is -4.18. The monoisotopic (exact) mass is 560 g/mol. The van der Waals surface area contributed by atoms with Gasteiger partial charge in [0.1, 0.15) is 17.5 Å². The number of sulfonamides is 1. The van der Waals surface area contributed by atoms with E-state index in [0.29, 0.717) is 22.6 Å². The second kappa shape index (κ2) is 11.1. The number of carbonyl (C=O) groups is 3. The van der Waals surface area contributed by atoms with E-state index in [0.717, 1.165) is 10.6 Å². The Balaban J connectivity index is 1.18. The number of aromatic nitrogens is 2. The number of amides is 2. The summed E-state index contributed by atoms with van der Waals surface area (Å²) in [5.41, 5.74) is 1.48. The molecular weight excluding hydrogens is 536 g/mol. The predicted octanol–water partition coefficient (Wildman–Crippen LogP) is 3.47. The lowest BCUT2D eigenvalue weighted by molar-refractivity contribution is -0.139. The minimum Gasteiger partial charge on any atom is -0.480 e. The summed E-state index contributed by atoms with van der Waals surface area (Å²) in [6.07, 6.45) is 5.13. The van der Waals surface area contributed by atoms with Crippen molar-refractivity contribution in [3.8, 4) is 17.2 Å². The molecule has 0 aliphatic carbocycles. The van der Waals surface area contributed by atoms with Crippen molar-refractivity contribution < 1.29 is 32.6 Å². The standard InChI is InChI=1S/C28H24N4O7S/c33-26-23-4-1-2-5-24(23)27(34)32(26)16-3-6-25(28(35)36)30-40(37,38)22-13-11-21(12-14-22)39-20-9-7-19(8-10-20)31-17-15-29-18-31/h1-2,4-5,7-15,17-18,25,30H,3,6,16H2,(H,35,36). The Hall–Kier alpha value is -4.81. The van der Waals surface area contributed by atoms with E-state index in [9.17, 15) is 27.9 Å². The number of imide groups is 1. The Morgan fingerprint density at radius 2 is 1.52 bits per heavy atom. The molecule has 3 aromatic carbocycles. The van der Waals surface area contributed by atoms with Crippen LogP contribution in [0.3, 0.4) is 0 Å². The highest BCUT2D eigenvalue weighted by Crippen LogP contribution is 2.25. The van der Waals surface area contributed by atoms with Crippen LogP contribution in [-0.2, 0) is 14.8 Å². The van der Waals surface area contributed by atoms with E-state index in [1.807, 2.05) is 22.9 Å². The summed E-state index contributed by atoms with van der Waals surface area (Å²) in [5, 5.41) is 9.61. The van der Waals surface area contributed by atoms with E-state index in [1.165, 1.54) is 24.3 Å². The molecule has 0 bridgehead atoms. The van der Waals surface area contributed by atoms with Crippen molar-refractivity contribution in [3.63, 3.8) is 0 Å². The molecule has 0 saturated heterocycles. The summed E-state index contributed by atoms with van der Waals surface area (Å²) >= 11 is 0. The number of nitrogens with zero attached hydrogens (tertiary/aromatic N) is 3. The Labute approximate surface area is 229 Å². The van der Waals surface area contributed by atoms with Gasteiger partial charge in [0.15, 0.2) is 0 Å². The summed E-state index contributed by atoms with van der Waals surface area (Å²) in [5.74, 6) is -1.34. The molecule has 12 heteroatoms. The van der Waals surface area contributed by atoms with Crippen LogP contribution in [0.25, 0.3) is 5.69 Å². The third kappa shape index (κ3) is 5.63. The number of carboxylic acid groups (broad SMARTS) is 1. The van der Waals surface area contributed by atoms with Crippen LogP contribution >= 0.6 is 0 Å². The molecule has 1 atom stereocenters. The van der Waals surface area contributed by atoms with Crippen LogP contribution in [0.2, 0.25) is 0 Å². The minimum absolute atomic E-state index is 0.0345. The summed E-state index contributed by atoms with van der Waals surface area (Å²) in [4.78, 5) is 41.7. The molecule has 2 N–H and O–H groups in total. The number of hydrogen-bond acceptors (Lipinski definition) is 7. The molecule has 2 amide bonds. The molecule has 1 unspecified atom stereocenters. The van der Waals surface area contributed by atoms with Gasteiger partial charge in [-0.3, -0.25) is 19.3 Å². The van der Waals surface area contributed by atoms with Gasteiger partial charge in [0.25, 0.3) is 11.8 Å². The van der Waals surface area contributed by atoms with E-state index in [-0.39, 0.29) is 24.3 Å². The van der Waals surface area contributed by atoms with Gasteiger partial charge in [0, 0.05) is 24.6 Å². The fourth-order valence-corrected chi connectivity index (χ4v) is 5.53. The van der Waals surface area contributed by atoms with Crippen molar-refractivity contribution in [1.82, 2.24) is 19.2 Å². The number of nitrogens with one attached hydrogen (secondary N) is 1. The Bertz CT molecular complexity index is 1620. The van der Waals surface area contributed by atoms with Crippen LogP contribution in [0.15, 0.2) is 96.4 Å².